The third-order valence-electron chi connectivity index (χ3n) is 3.48. The molecule has 0 fully saturated rings. The highest BCUT2D eigenvalue weighted by atomic mass is 19.1. The smallest absolute Gasteiger partial charge is 0.257 e. The summed E-state index contributed by atoms with van der Waals surface area (Å²) < 4.78 is 27.3. The lowest BCUT2D eigenvalue weighted by Gasteiger charge is -2.15. The molecule has 1 amide bonds. The van der Waals surface area contributed by atoms with Gasteiger partial charge in [-0.1, -0.05) is 12.1 Å². The normalized spacial score (nSPS) is 12.0. The standard InChI is InChI=1S/C17H17F2NO3/c1-10(2-3-11-4-6-12(21)7-5-11)20-17(23)15-13(18)8-9-14(22)16(15)19/h4-10,21-22H,2-3H2,1H3,(H,20,23)/t10-/m0/s1. The van der Waals surface area contributed by atoms with E-state index in [9.17, 15) is 23.8 Å². The molecule has 0 bridgehead atoms. The van der Waals surface area contributed by atoms with Gasteiger partial charge in [-0.25, -0.2) is 8.78 Å². The average molecular weight is 321 g/mol. The number of phenolic OH excluding ortho intramolecular Hbond substituents is 2. The van der Waals surface area contributed by atoms with Gasteiger partial charge in [-0.15, -0.1) is 0 Å². The maximum absolute atomic E-state index is 13.7. The number of carbonyl (C=O) groups is 1. The molecule has 0 heterocycles. The van der Waals surface area contributed by atoms with Crippen molar-refractivity contribution in [1.29, 1.82) is 0 Å². The zero-order chi connectivity index (χ0) is 17.0. The fraction of sp³-hybridized carbons (Fsp3) is 0.235. The fourth-order valence-corrected chi connectivity index (χ4v) is 2.16. The van der Waals surface area contributed by atoms with Gasteiger partial charge < -0.3 is 15.5 Å². The molecule has 0 radical (unpaired) electrons. The number of halogens is 2. The van der Waals surface area contributed by atoms with Crippen LogP contribution < -0.4 is 5.32 Å². The summed E-state index contributed by atoms with van der Waals surface area (Å²) in [5.74, 6) is -3.80. The molecule has 1 atom stereocenters. The van der Waals surface area contributed by atoms with Gasteiger partial charge in [0.05, 0.1) is 0 Å². The van der Waals surface area contributed by atoms with Gasteiger partial charge in [-0.05, 0) is 49.6 Å². The molecular formula is C17H17F2NO3. The van der Waals surface area contributed by atoms with Crippen molar-refractivity contribution in [3.8, 4) is 11.5 Å². The monoisotopic (exact) mass is 321 g/mol. The second-order valence-corrected chi connectivity index (χ2v) is 5.34. The third-order valence-corrected chi connectivity index (χ3v) is 3.48. The number of benzene rings is 2. The molecule has 0 aliphatic heterocycles. The molecule has 0 spiro atoms. The Balaban J connectivity index is 1.97. The van der Waals surface area contributed by atoms with Crippen LogP contribution in [-0.2, 0) is 6.42 Å². The first-order chi connectivity index (χ1) is 10.9. The summed E-state index contributed by atoms with van der Waals surface area (Å²) in [6.45, 7) is 1.72. The summed E-state index contributed by atoms with van der Waals surface area (Å²) in [7, 11) is 0. The van der Waals surface area contributed by atoms with Crippen LogP contribution in [0.5, 0.6) is 11.5 Å². The number of hydrogen-bond acceptors (Lipinski definition) is 3. The number of hydrogen-bond donors (Lipinski definition) is 3. The van der Waals surface area contributed by atoms with Crippen LogP contribution in [0.2, 0.25) is 0 Å². The van der Waals surface area contributed by atoms with E-state index >= 15 is 0 Å². The van der Waals surface area contributed by atoms with Gasteiger partial charge in [0.15, 0.2) is 11.6 Å². The summed E-state index contributed by atoms with van der Waals surface area (Å²) in [4.78, 5) is 12.0. The van der Waals surface area contributed by atoms with Gasteiger partial charge in [0.1, 0.15) is 17.1 Å². The lowest BCUT2D eigenvalue weighted by atomic mass is 10.1. The lowest BCUT2D eigenvalue weighted by Crippen LogP contribution is -2.34. The summed E-state index contributed by atoms with van der Waals surface area (Å²) in [5, 5.41) is 21.0. The second-order valence-electron chi connectivity index (χ2n) is 5.34. The van der Waals surface area contributed by atoms with Crippen molar-refractivity contribution in [1.82, 2.24) is 5.32 Å². The molecule has 23 heavy (non-hydrogen) atoms. The average Bonchev–Trinajstić information content (AvgIpc) is 2.51. The van der Waals surface area contributed by atoms with Crippen LogP contribution in [-0.4, -0.2) is 22.2 Å². The molecule has 3 N–H and O–H groups in total. The predicted molar refractivity (Wildman–Crippen MR) is 81.4 cm³/mol. The predicted octanol–water partition coefficient (Wildman–Crippen LogP) is 3.13. The zero-order valence-electron chi connectivity index (χ0n) is 12.5. The third kappa shape index (κ3) is 4.18. The molecule has 0 aromatic heterocycles. The first-order valence-corrected chi connectivity index (χ1v) is 7.14. The number of aromatic hydroxyl groups is 2. The Hall–Kier alpha value is -2.63. The molecule has 2 aromatic carbocycles. The quantitative estimate of drug-likeness (QED) is 0.792. The Morgan fingerprint density at radius 2 is 1.78 bits per heavy atom. The lowest BCUT2D eigenvalue weighted by molar-refractivity contribution is 0.0929. The fourth-order valence-electron chi connectivity index (χ4n) is 2.16. The van der Waals surface area contributed by atoms with Crippen molar-refractivity contribution in [3.63, 3.8) is 0 Å². The van der Waals surface area contributed by atoms with Gasteiger partial charge in [0.2, 0.25) is 0 Å². The Morgan fingerprint density at radius 1 is 1.13 bits per heavy atom. The molecule has 122 valence electrons. The van der Waals surface area contributed by atoms with Gasteiger partial charge in [0, 0.05) is 6.04 Å². The van der Waals surface area contributed by atoms with Crippen LogP contribution in [0.3, 0.4) is 0 Å². The Labute approximate surface area is 132 Å². The highest BCUT2D eigenvalue weighted by molar-refractivity contribution is 5.95. The Morgan fingerprint density at radius 3 is 2.43 bits per heavy atom. The molecule has 2 aromatic rings. The van der Waals surface area contributed by atoms with Crippen molar-refractivity contribution in [2.75, 3.05) is 0 Å². The van der Waals surface area contributed by atoms with E-state index in [-0.39, 0.29) is 11.8 Å². The van der Waals surface area contributed by atoms with Crippen molar-refractivity contribution < 1.29 is 23.8 Å². The summed E-state index contributed by atoms with van der Waals surface area (Å²) in [6.07, 6.45) is 1.19. The Bertz CT molecular complexity index is 702. The summed E-state index contributed by atoms with van der Waals surface area (Å²) in [6, 6.07) is 8.03. The van der Waals surface area contributed by atoms with Crippen molar-refractivity contribution in [2.45, 2.75) is 25.8 Å². The van der Waals surface area contributed by atoms with Gasteiger partial charge in [0.25, 0.3) is 5.91 Å². The first-order valence-electron chi connectivity index (χ1n) is 7.14. The van der Waals surface area contributed by atoms with E-state index in [0.29, 0.717) is 12.8 Å². The molecule has 6 heteroatoms. The van der Waals surface area contributed by atoms with Crippen molar-refractivity contribution in [2.24, 2.45) is 0 Å². The SMILES string of the molecule is C[C@@H](CCc1ccc(O)cc1)NC(=O)c1c(F)ccc(O)c1F. The molecular weight excluding hydrogens is 304 g/mol. The molecule has 0 aliphatic rings. The number of phenols is 2. The van der Waals surface area contributed by atoms with Gasteiger partial charge >= 0.3 is 0 Å². The highest BCUT2D eigenvalue weighted by Crippen LogP contribution is 2.22. The van der Waals surface area contributed by atoms with Gasteiger partial charge in [-0.3, -0.25) is 4.79 Å². The number of carbonyl (C=O) groups excluding carboxylic acids is 1. The molecule has 0 aliphatic carbocycles. The maximum atomic E-state index is 13.7. The first kappa shape index (κ1) is 16.7. The maximum Gasteiger partial charge on any atom is 0.257 e. The molecule has 4 nitrogen and oxygen atoms in total. The van der Waals surface area contributed by atoms with E-state index in [0.717, 1.165) is 17.7 Å². The van der Waals surface area contributed by atoms with E-state index in [1.165, 1.54) is 0 Å². The van der Waals surface area contributed by atoms with Gasteiger partial charge in [-0.2, -0.15) is 0 Å². The summed E-state index contributed by atoms with van der Waals surface area (Å²) in [5.41, 5.74) is 0.181. The second kappa shape index (κ2) is 7.09. The largest absolute Gasteiger partial charge is 0.508 e. The summed E-state index contributed by atoms with van der Waals surface area (Å²) >= 11 is 0. The van der Waals surface area contributed by atoms with Crippen LogP contribution in [0, 0.1) is 11.6 Å². The van der Waals surface area contributed by atoms with E-state index in [4.69, 9.17) is 0 Å². The molecule has 0 unspecified atom stereocenters. The number of aryl methyl sites for hydroxylation is 1. The zero-order valence-corrected chi connectivity index (χ0v) is 12.5. The van der Waals surface area contributed by atoms with Crippen molar-refractivity contribution in [3.05, 3.63) is 59.2 Å². The molecule has 0 saturated heterocycles. The molecule has 2 rings (SSSR count). The number of amides is 1. The molecule has 0 saturated carbocycles. The van der Waals surface area contributed by atoms with E-state index in [1.54, 1.807) is 31.2 Å². The van der Waals surface area contributed by atoms with E-state index in [2.05, 4.69) is 5.32 Å². The minimum Gasteiger partial charge on any atom is -0.508 e. The van der Waals surface area contributed by atoms with Crippen molar-refractivity contribution >= 4 is 5.91 Å². The van der Waals surface area contributed by atoms with Crippen LogP contribution in [0.4, 0.5) is 8.78 Å². The minimum atomic E-state index is -1.27. The van der Waals surface area contributed by atoms with Crippen LogP contribution in [0.1, 0.15) is 29.3 Å². The number of nitrogens with one attached hydrogen (secondary N) is 1. The van der Waals surface area contributed by atoms with E-state index in [1.807, 2.05) is 0 Å². The Kier molecular flexibility index (Phi) is 5.16. The highest BCUT2D eigenvalue weighted by Gasteiger charge is 2.21. The van der Waals surface area contributed by atoms with Crippen LogP contribution >= 0.6 is 0 Å². The minimum absolute atomic E-state index is 0.171. The van der Waals surface area contributed by atoms with Crippen LogP contribution in [0.15, 0.2) is 36.4 Å². The number of rotatable bonds is 5. The van der Waals surface area contributed by atoms with Crippen LogP contribution in [0.25, 0.3) is 0 Å². The van der Waals surface area contributed by atoms with E-state index < -0.39 is 28.9 Å². The topological polar surface area (TPSA) is 69.6 Å².